The van der Waals surface area contributed by atoms with E-state index in [1.807, 2.05) is 0 Å². The maximum Gasteiger partial charge on any atom is 0.398 e. The second-order valence-corrected chi connectivity index (χ2v) is 2.28. The Morgan fingerprint density at radius 1 is 1.75 bits per heavy atom. The van der Waals surface area contributed by atoms with Gasteiger partial charge in [0.25, 0.3) is 0 Å². The van der Waals surface area contributed by atoms with Crippen molar-refractivity contribution in [1.29, 1.82) is 0 Å². The minimum absolute atomic E-state index is 0.995. The normalized spacial score (nSPS) is 15.9. The highest BCUT2D eigenvalue weighted by Crippen LogP contribution is 1.87. The first-order valence-corrected chi connectivity index (χ1v) is 3.19. The van der Waals surface area contributed by atoms with Crippen LogP contribution in [0.5, 0.6) is 0 Å². The smallest absolute Gasteiger partial charge is 0.305 e. The van der Waals surface area contributed by atoms with Crippen molar-refractivity contribution >= 4 is 10.4 Å². The van der Waals surface area contributed by atoms with E-state index >= 15 is 0 Å². The Kier molecular flexibility index (Phi) is 2.35. The molecule has 0 bridgehead atoms. The summed E-state index contributed by atoms with van der Waals surface area (Å²) in [5, 5.41) is 0. The third kappa shape index (κ3) is 5.83. The Balaban J connectivity index is 3.75. The summed E-state index contributed by atoms with van der Waals surface area (Å²) in [6.07, 6.45) is -0.995. The molecule has 50 valence electrons. The first-order valence-electron chi connectivity index (χ1n) is 1.83. The minimum Gasteiger partial charge on any atom is -0.305 e. The Morgan fingerprint density at radius 3 is 2.12 bits per heavy atom. The molecule has 0 saturated carbocycles. The molecule has 0 aliphatic heterocycles. The van der Waals surface area contributed by atoms with Gasteiger partial charge in [-0.15, -0.1) is 0 Å². The Bertz CT molecular complexity index is 147. The zero-order valence-electron chi connectivity index (χ0n) is 4.23. The van der Waals surface area contributed by atoms with Crippen molar-refractivity contribution in [3.63, 3.8) is 0 Å². The van der Waals surface area contributed by atoms with Crippen molar-refractivity contribution in [3.8, 4) is 0 Å². The van der Waals surface area contributed by atoms with Gasteiger partial charge in [-0.25, -0.2) is 4.18 Å². The van der Waals surface area contributed by atoms with Crippen LogP contribution in [0.4, 0.5) is 0 Å². The summed E-state index contributed by atoms with van der Waals surface area (Å²) in [4.78, 5) is 0. The van der Waals surface area contributed by atoms with Gasteiger partial charge in [-0.05, 0) is 6.92 Å². The van der Waals surface area contributed by atoms with Crippen molar-refractivity contribution in [2.45, 2.75) is 13.2 Å². The van der Waals surface area contributed by atoms with Gasteiger partial charge >= 0.3 is 10.4 Å². The van der Waals surface area contributed by atoms with Crippen molar-refractivity contribution in [2.75, 3.05) is 0 Å². The molecule has 8 heavy (non-hydrogen) atoms. The summed E-state index contributed by atoms with van der Waals surface area (Å²) in [6, 6.07) is 0. The molecule has 3 N–H and O–H groups in total. The maximum absolute atomic E-state index is 9.70. The lowest BCUT2D eigenvalue weighted by Gasteiger charge is -1.99. The second kappa shape index (κ2) is 2.40. The number of rotatable bonds is 2. The molecule has 0 aliphatic carbocycles. The van der Waals surface area contributed by atoms with Gasteiger partial charge < -0.3 is 5.73 Å². The Labute approximate surface area is 47.4 Å². The van der Waals surface area contributed by atoms with Crippen molar-refractivity contribution in [2.24, 2.45) is 5.73 Å². The van der Waals surface area contributed by atoms with Crippen LogP contribution in [0.25, 0.3) is 0 Å². The molecule has 0 aromatic carbocycles. The van der Waals surface area contributed by atoms with Gasteiger partial charge in [0.15, 0.2) is 0 Å². The van der Waals surface area contributed by atoms with Crippen LogP contribution in [-0.4, -0.2) is 19.2 Å². The van der Waals surface area contributed by atoms with Crippen LogP contribution < -0.4 is 5.73 Å². The van der Waals surface area contributed by atoms with Crippen molar-refractivity contribution < 1.29 is 17.2 Å². The van der Waals surface area contributed by atoms with Gasteiger partial charge in [0, 0.05) is 0 Å². The van der Waals surface area contributed by atoms with Crippen molar-refractivity contribution in [3.05, 3.63) is 0 Å². The van der Waals surface area contributed by atoms with Crippen LogP contribution in [0.1, 0.15) is 6.92 Å². The Morgan fingerprint density at radius 2 is 2.12 bits per heavy atom. The number of hydrogen-bond donors (Lipinski definition) is 2. The fraction of sp³-hybridized carbons (Fsp3) is 1.00. The SMILES string of the molecule is C[C@H](N)OS(=O)(=O)O. The first kappa shape index (κ1) is 7.83. The summed E-state index contributed by atoms with van der Waals surface area (Å²) in [5.41, 5.74) is 4.82. The molecule has 0 aromatic heterocycles. The van der Waals surface area contributed by atoms with Gasteiger partial charge in [0.05, 0.1) is 0 Å². The van der Waals surface area contributed by atoms with E-state index in [0.717, 1.165) is 0 Å². The van der Waals surface area contributed by atoms with Gasteiger partial charge in [-0.3, -0.25) is 4.55 Å². The standard InChI is InChI=1S/C2H7NO4S/c1-2(3)7-8(4,5)6/h2H,3H2,1H3,(H,4,5,6)/t2-/m1/s1. The van der Waals surface area contributed by atoms with Crippen LogP contribution in [0.2, 0.25) is 0 Å². The highest BCUT2D eigenvalue weighted by atomic mass is 32.3. The number of nitrogens with two attached hydrogens (primary N) is 1. The molecule has 0 radical (unpaired) electrons. The maximum atomic E-state index is 9.70. The van der Waals surface area contributed by atoms with Crippen LogP contribution in [-0.2, 0) is 14.6 Å². The van der Waals surface area contributed by atoms with Crippen LogP contribution in [0, 0.1) is 0 Å². The third-order valence-electron chi connectivity index (χ3n) is 0.273. The van der Waals surface area contributed by atoms with E-state index in [-0.39, 0.29) is 0 Å². The second-order valence-electron chi connectivity index (χ2n) is 1.23. The molecule has 0 saturated heterocycles. The summed E-state index contributed by atoms with van der Waals surface area (Å²) < 4.78 is 31.0. The fourth-order valence-corrected chi connectivity index (χ4v) is 0.575. The van der Waals surface area contributed by atoms with Crippen molar-refractivity contribution in [1.82, 2.24) is 0 Å². The molecule has 0 spiro atoms. The molecule has 0 aliphatic rings. The van der Waals surface area contributed by atoms with E-state index in [1.165, 1.54) is 6.92 Å². The quantitative estimate of drug-likeness (QED) is 0.384. The molecule has 6 heteroatoms. The minimum atomic E-state index is -4.35. The summed E-state index contributed by atoms with van der Waals surface area (Å²) in [6.45, 7) is 1.29. The summed E-state index contributed by atoms with van der Waals surface area (Å²) in [5.74, 6) is 0. The van der Waals surface area contributed by atoms with Crippen LogP contribution in [0.3, 0.4) is 0 Å². The average molecular weight is 141 g/mol. The largest absolute Gasteiger partial charge is 0.398 e. The lowest BCUT2D eigenvalue weighted by Crippen LogP contribution is -2.22. The molecule has 0 amide bonds. The lowest BCUT2D eigenvalue weighted by atomic mass is 10.7. The molecule has 0 heterocycles. The van der Waals surface area contributed by atoms with E-state index in [9.17, 15) is 8.42 Å². The first-order chi connectivity index (χ1) is 3.42. The molecule has 1 atom stereocenters. The van der Waals surface area contributed by atoms with E-state index in [4.69, 9.17) is 10.3 Å². The Hall–Kier alpha value is -0.170. The van der Waals surface area contributed by atoms with Gasteiger partial charge in [0.2, 0.25) is 0 Å². The number of hydrogen-bond acceptors (Lipinski definition) is 4. The average Bonchev–Trinajstić information content (AvgIpc) is 1.21. The fourth-order valence-electron chi connectivity index (χ4n) is 0.192. The van der Waals surface area contributed by atoms with E-state index < -0.39 is 16.6 Å². The highest BCUT2D eigenvalue weighted by molar-refractivity contribution is 7.80. The van der Waals surface area contributed by atoms with Crippen LogP contribution in [0.15, 0.2) is 0 Å². The summed E-state index contributed by atoms with van der Waals surface area (Å²) >= 11 is 0. The summed E-state index contributed by atoms with van der Waals surface area (Å²) in [7, 11) is -4.35. The van der Waals surface area contributed by atoms with E-state index in [1.54, 1.807) is 0 Å². The molecule has 0 fully saturated rings. The van der Waals surface area contributed by atoms with Gasteiger partial charge in [0.1, 0.15) is 6.23 Å². The van der Waals surface area contributed by atoms with E-state index in [0.29, 0.717) is 0 Å². The van der Waals surface area contributed by atoms with Gasteiger partial charge in [-0.1, -0.05) is 0 Å². The van der Waals surface area contributed by atoms with Crippen LogP contribution >= 0.6 is 0 Å². The zero-order chi connectivity index (χ0) is 6.78. The van der Waals surface area contributed by atoms with E-state index in [2.05, 4.69) is 4.18 Å². The predicted molar refractivity (Wildman–Crippen MR) is 26.3 cm³/mol. The lowest BCUT2D eigenvalue weighted by molar-refractivity contribution is 0.204. The highest BCUT2D eigenvalue weighted by Gasteiger charge is 2.05. The van der Waals surface area contributed by atoms with Gasteiger partial charge in [-0.2, -0.15) is 8.42 Å². The predicted octanol–water partition coefficient (Wildman–Crippen LogP) is -0.889. The molecule has 0 rings (SSSR count). The molecular formula is C2H7NO4S. The monoisotopic (exact) mass is 141 g/mol. The molecule has 0 aromatic rings. The molecule has 0 unspecified atom stereocenters. The zero-order valence-corrected chi connectivity index (χ0v) is 5.05. The molecule has 5 nitrogen and oxygen atoms in total. The molecular weight excluding hydrogens is 134 g/mol. The topological polar surface area (TPSA) is 89.6 Å². The third-order valence-corrected chi connectivity index (χ3v) is 0.820.